The van der Waals surface area contributed by atoms with Gasteiger partial charge in [-0.1, -0.05) is 0 Å². The Morgan fingerprint density at radius 1 is 1.50 bits per heavy atom. The lowest BCUT2D eigenvalue weighted by molar-refractivity contribution is -0.122. The van der Waals surface area contributed by atoms with Gasteiger partial charge in [0.25, 0.3) is 0 Å². The van der Waals surface area contributed by atoms with Crippen molar-refractivity contribution in [2.75, 3.05) is 0 Å². The average Bonchev–Trinajstić information content (AvgIpc) is 2.50. The van der Waals surface area contributed by atoms with Crippen molar-refractivity contribution in [2.24, 2.45) is 5.73 Å². The van der Waals surface area contributed by atoms with Crippen LogP contribution in [-0.4, -0.2) is 18.0 Å². The molecule has 0 bridgehead atoms. The van der Waals surface area contributed by atoms with Crippen LogP contribution in [0.3, 0.4) is 0 Å². The molecule has 5 heteroatoms. The van der Waals surface area contributed by atoms with Crippen molar-refractivity contribution in [1.29, 1.82) is 0 Å². The summed E-state index contributed by atoms with van der Waals surface area (Å²) in [7, 11) is 0. The molecule has 1 rings (SSSR count). The van der Waals surface area contributed by atoms with E-state index in [4.69, 9.17) is 5.73 Å². The molecule has 92 valence electrons. The summed E-state index contributed by atoms with van der Waals surface area (Å²) in [6, 6.07) is 3.91. The fourth-order valence-corrected chi connectivity index (χ4v) is 2.34. The highest BCUT2D eigenvalue weighted by Gasteiger charge is 2.11. The fourth-order valence-electron chi connectivity index (χ4n) is 1.32. The number of thiophene rings is 1. The molecule has 0 aliphatic heterocycles. The van der Waals surface area contributed by atoms with Crippen molar-refractivity contribution in [3.8, 4) is 0 Å². The first-order valence-corrected chi connectivity index (χ1v) is 5.92. The van der Waals surface area contributed by atoms with E-state index >= 15 is 0 Å². The normalized spacial score (nSPS) is 13.8. The number of nitrogens with two attached hydrogens (primary N) is 1. The van der Waals surface area contributed by atoms with Gasteiger partial charge in [-0.15, -0.1) is 23.7 Å². The number of carbonyl (C=O) groups excluding carboxylic acids is 1. The molecular formula is C11H19ClN2OS. The molecule has 1 heterocycles. The van der Waals surface area contributed by atoms with Gasteiger partial charge in [-0.25, -0.2) is 0 Å². The summed E-state index contributed by atoms with van der Waals surface area (Å²) in [4.78, 5) is 13.9. The third kappa shape index (κ3) is 4.96. The molecule has 0 saturated heterocycles. The van der Waals surface area contributed by atoms with E-state index in [1.807, 2.05) is 6.92 Å². The Morgan fingerprint density at radius 2 is 2.12 bits per heavy atom. The summed E-state index contributed by atoms with van der Waals surface area (Å²) in [6.45, 7) is 5.77. The van der Waals surface area contributed by atoms with Crippen LogP contribution in [0.4, 0.5) is 0 Å². The van der Waals surface area contributed by atoms with Crippen molar-refractivity contribution in [1.82, 2.24) is 5.32 Å². The highest BCUT2D eigenvalue weighted by Crippen LogP contribution is 2.16. The van der Waals surface area contributed by atoms with Gasteiger partial charge in [0.05, 0.1) is 6.04 Å². The molecule has 0 spiro atoms. The average molecular weight is 263 g/mol. The summed E-state index contributed by atoms with van der Waals surface area (Å²) >= 11 is 1.77. The lowest BCUT2D eigenvalue weighted by Gasteiger charge is -2.14. The van der Waals surface area contributed by atoms with Gasteiger partial charge >= 0.3 is 0 Å². The van der Waals surface area contributed by atoms with E-state index in [1.165, 1.54) is 9.75 Å². The SMILES string of the molecule is Cc1ccc(CC(C)NC(=O)C(C)N)s1.Cl. The zero-order valence-electron chi connectivity index (χ0n) is 9.82. The highest BCUT2D eigenvalue weighted by atomic mass is 35.5. The van der Waals surface area contributed by atoms with Gasteiger partial charge in [-0.05, 0) is 32.9 Å². The van der Waals surface area contributed by atoms with Crippen LogP contribution < -0.4 is 11.1 Å². The van der Waals surface area contributed by atoms with E-state index in [9.17, 15) is 4.79 Å². The Hall–Kier alpha value is -0.580. The number of aryl methyl sites for hydroxylation is 1. The molecule has 0 radical (unpaired) electrons. The predicted octanol–water partition coefficient (Wildman–Crippen LogP) is 1.87. The van der Waals surface area contributed by atoms with Gasteiger partial charge in [0.2, 0.25) is 5.91 Å². The quantitative estimate of drug-likeness (QED) is 0.871. The molecule has 0 fully saturated rings. The number of nitrogens with one attached hydrogen (secondary N) is 1. The summed E-state index contributed by atoms with van der Waals surface area (Å²) in [5.74, 6) is -0.0872. The Balaban J connectivity index is 0.00000225. The van der Waals surface area contributed by atoms with Crippen LogP contribution >= 0.6 is 23.7 Å². The zero-order chi connectivity index (χ0) is 11.4. The second-order valence-corrected chi connectivity index (χ2v) is 5.29. The van der Waals surface area contributed by atoms with Crippen molar-refractivity contribution in [3.63, 3.8) is 0 Å². The number of halogens is 1. The largest absolute Gasteiger partial charge is 0.352 e. The van der Waals surface area contributed by atoms with Crippen LogP contribution in [-0.2, 0) is 11.2 Å². The maximum absolute atomic E-state index is 11.3. The molecule has 1 aromatic heterocycles. The Kier molecular flexibility index (Phi) is 6.64. The Morgan fingerprint density at radius 3 is 2.56 bits per heavy atom. The lowest BCUT2D eigenvalue weighted by atomic mass is 10.2. The van der Waals surface area contributed by atoms with E-state index in [1.54, 1.807) is 18.3 Å². The molecule has 1 aromatic rings. The maximum Gasteiger partial charge on any atom is 0.236 e. The smallest absolute Gasteiger partial charge is 0.236 e. The van der Waals surface area contributed by atoms with E-state index in [2.05, 4.69) is 24.4 Å². The predicted molar refractivity (Wildman–Crippen MR) is 71.3 cm³/mol. The molecule has 3 N–H and O–H groups in total. The minimum absolute atomic E-state index is 0. The minimum atomic E-state index is -0.433. The standard InChI is InChI=1S/C11H18N2OS.ClH/c1-7(13-11(14)9(3)12)6-10-5-4-8(2)15-10;/h4-5,7,9H,6,12H2,1-3H3,(H,13,14);1H. The van der Waals surface area contributed by atoms with E-state index in [-0.39, 0.29) is 24.4 Å². The Bertz CT molecular complexity index is 338. The molecule has 2 atom stereocenters. The van der Waals surface area contributed by atoms with Gasteiger partial charge in [-0.3, -0.25) is 4.79 Å². The number of carbonyl (C=O) groups is 1. The summed E-state index contributed by atoms with van der Waals surface area (Å²) in [6.07, 6.45) is 0.872. The van der Waals surface area contributed by atoms with Crippen LogP contribution in [0.15, 0.2) is 12.1 Å². The van der Waals surface area contributed by atoms with Gasteiger partial charge < -0.3 is 11.1 Å². The van der Waals surface area contributed by atoms with Crippen molar-refractivity contribution < 1.29 is 4.79 Å². The van der Waals surface area contributed by atoms with E-state index < -0.39 is 6.04 Å². The summed E-state index contributed by atoms with van der Waals surface area (Å²) in [5, 5.41) is 2.88. The molecule has 0 saturated carbocycles. The van der Waals surface area contributed by atoms with Gasteiger partial charge in [-0.2, -0.15) is 0 Å². The third-order valence-corrected chi connectivity index (χ3v) is 3.13. The first kappa shape index (κ1) is 15.4. The molecule has 0 aromatic carbocycles. The van der Waals surface area contributed by atoms with Gasteiger partial charge in [0.1, 0.15) is 0 Å². The van der Waals surface area contributed by atoms with Crippen molar-refractivity contribution in [2.45, 2.75) is 39.3 Å². The van der Waals surface area contributed by atoms with Gasteiger partial charge in [0, 0.05) is 22.2 Å². The first-order chi connectivity index (χ1) is 6.99. The number of rotatable bonds is 4. The summed E-state index contributed by atoms with van der Waals surface area (Å²) in [5.41, 5.74) is 5.47. The minimum Gasteiger partial charge on any atom is -0.352 e. The zero-order valence-corrected chi connectivity index (χ0v) is 11.5. The molecule has 0 aliphatic carbocycles. The first-order valence-electron chi connectivity index (χ1n) is 5.10. The maximum atomic E-state index is 11.3. The molecule has 16 heavy (non-hydrogen) atoms. The second kappa shape index (κ2) is 6.89. The topological polar surface area (TPSA) is 55.1 Å². The van der Waals surface area contributed by atoms with Crippen LogP contribution in [0.25, 0.3) is 0 Å². The number of hydrogen-bond acceptors (Lipinski definition) is 3. The fraction of sp³-hybridized carbons (Fsp3) is 0.545. The Labute approximate surface area is 107 Å². The van der Waals surface area contributed by atoms with Crippen LogP contribution in [0.5, 0.6) is 0 Å². The van der Waals surface area contributed by atoms with Crippen molar-refractivity contribution in [3.05, 3.63) is 21.9 Å². The lowest BCUT2D eigenvalue weighted by Crippen LogP contribution is -2.43. The van der Waals surface area contributed by atoms with E-state index in [0.29, 0.717) is 0 Å². The number of hydrogen-bond donors (Lipinski definition) is 2. The van der Waals surface area contributed by atoms with Crippen LogP contribution in [0.2, 0.25) is 0 Å². The highest BCUT2D eigenvalue weighted by molar-refractivity contribution is 7.11. The molecule has 3 nitrogen and oxygen atoms in total. The summed E-state index contributed by atoms with van der Waals surface area (Å²) < 4.78 is 0. The number of amides is 1. The van der Waals surface area contributed by atoms with Crippen molar-refractivity contribution >= 4 is 29.7 Å². The molecule has 1 amide bonds. The third-order valence-electron chi connectivity index (χ3n) is 2.11. The molecule has 2 unspecified atom stereocenters. The van der Waals surface area contributed by atoms with Crippen LogP contribution in [0.1, 0.15) is 23.6 Å². The molecular weight excluding hydrogens is 244 g/mol. The second-order valence-electron chi connectivity index (χ2n) is 3.91. The van der Waals surface area contributed by atoms with E-state index in [0.717, 1.165) is 6.42 Å². The van der Waals surface area contributed by atoms with Gasteiger partial charge in [0.15, 0.2) is 0 Å². The molecule has 0 aliphatic rings. The monoisotopic (exact) mass is 262 g/mol. The van der Waals surface area contributed by atoms with Crippen LogP contribution in [0, 0.1) is 6.92 Å².